The van der Waals surface area contributed by atoms with E-state index < -0.39 is 0 Å². The molecule has 0 saturated heterocycles. The molecule has 0 bridgehead atoms. The molecule has 3 N–H and O–H groups in total. The Bertz CT molecular complexity index is 8.75. The smallest absolute Gasteiger partial charge is 0.0634 e. The van der Waals surface area contributed by atoms with Crippen molar-refractivity contribution in [2.45, 2.75) is 0 Å². The molecule has 0 spiro atoms. The summed E-state index contributed by atoms with van der Waals surface area (Å²) >= 11 is 0. The first-order valence-electron chi connectivity index (χ1n) is 0.931. The number of quaternary nitrogens is 1. The molecule has 0 aliphatic heterocycles. The minimum absolute atomic E-state index is 1.75. The zero-order chi connectivity index (χ0) is 4.00. The third kappa shape index (κ3) is 0.971. The Kier molecular flexibility index (Phi) is 41.9. The van der Waals surface area contributed by atoms with Crippen molar-refractivity contribution in [3.05, 3.63) is 6.57 Å². The Balaban J connectivity index is 0. The predicted octanol–water partition coefficient (Wildman–Crippen LogP) is -1.05. The van der Waals surface area contributed by atoms with E-state index in [1.807, 2.05) is 0 Å². The lowest BCUT2D eigenvalue weighted by atomic mass is 11.6. The molecule has 0 fully saturated rings. The van der Waals surface area contributed by atoms with Gasteiger partial charge in [0.25, 0.3) is 0 Å². The molecular weight excluding hydrogens is 52.0 g/mol. The first-order valence-corrected chi connectivity index (χ1v) is 0.931. The van der Waals surface area contributed by atoms with Crippen molar-refractivity contribution in [3.8, 4) is 0 Å². The van der Waals surface area contributed by atoms with Crippen molar-refractivity contribution in [3.63, 3.8) is 0 Å². The third-order valence-electron chi connectivity index (χ3n) is 0. The van der Waals surface area contributed by atoms with E-state index in [2.05, 4.69) is 5.73 Å². The van der Waals surface area contributed by atoms with Gasteiger partial charge >= 0.3 is 0 Å². The van der Waals surface area contributed by atoms with Crippen molar-refractivity contribution < 1.29 is 5.73 Å². The molecule has 0 aromatic heterocycles. The van der Waals surface area contributed by atoms with Crippen LogP contribution in [0, 0.1) is 11.8 Å². The van der Waals surface area contributed by atoms with Gasteiger partial charge in [-0.2, -0.15) is 0 Å². The van der Waals surface area contributed by atoms with Gasteiger partial charge in [0, 0.05) is 0 Å². The van der Waals surface area contributed by atoms with Crippen LogP contribution >= 0.6 is 0 Å². The highest BCUT2D eigenvalue weighted by Crippen LogP contribution is 0.626. The molecule has 0 atom stereocenters. The van der Waals surface area contributed by atoms with E-state index in [0.717, 1.165) is 0 Å². The zero-order valence-corrected chi connectivity index (χ0v) is 2.65. The molecule has 0 rings (SSSR count). The Hall–Kier alpha value is -0.550. The lowest BCUT2D eigenvalue weighted by Crippen LogP contribution is -2.40. The summed E-state index contributed by atoms with van der Waals surface area (Å²) in [6.07, 6.45) is 0. The van der Waals surface area contributed by atoms with Crippen molar-refractivity contribution in [1.82, 2.24) is 0 Å². The highest BCUT2D eigenvalue weighted by atomic mass is 14.4. The fourth-order valence-electron chi connectivity index (χ4n) is 0. The monoisotopic (exact) mass is 58.1 g/mol. The zero-order valence-electron chi connectivity index (χ0n) is 2.65. The van der Waals surface area contributed by atoms with Gasteiger partial charge in [0.1, 0.15) is 0 Å². The van der Waals surface area contributed by atoms with Crippen LogP contribution in [0.3, 0.4) is 0 Å². The number of nitrogens with zero attached hydrogens (tertiary/aromatic N) is 1. The lowest BCUT2D eigenvalue weighted by molar-refractivity contribution is -0.325. The molecule has 4 heavy (non-hydrogen) atoms. The van der Waals surface area contributed by atoms with E-state index >= 15 is 0 Å². The van der Waals surface area contributed by atoms with E-state index in [9.17, 15) is 0 Å². The molecule has 0 amide bonds. The summed E-state index contributed by atoms with van der Waals surface area (Å²) in [5.41, 5.74) is 3.25. The van der Waals surface area contributed by atoms with Crippen molar-refractivity contribution in [2.75, 3.05) is 7.05 Å². The maximum absolute atomic E-state index is 6.25. The maximum Gasteiger partial charge on any atom is 0.0634 e. The Morgan fingerprint density at radius 1 is 1.50 bits per heavy atom. The van der Waals surface area contributed by atoms with Crippen molar-refractivity contribution in [1.29, 1.82) is 5.26 Å². The van der Waals surface area contributed by atoms with Gasteiger partial charge < -0.3 is 17.6 Å². The van der Waals surface area contributed by atoms with E-state index in [0.29, 0.717) is 0 Å². The fourth-order valence-corrected chi connectivity index (χ4v) is 0. The van der Waals surface area contributed by atoms with Crippen LogP contribution in [-0.2, 0) is 0 Å². The standard InChI is InChI=1S/CH5N.CN/c2*1-2/h2H2,1H3;/q;-1/p+1. The summed E-state index contributed by atoms with van der Waals surface area (Å²) < 4.78 is 0. The summed E-state index contributed by atoms with van der Waals surface area (Å²) in [4.78, 5) is 0. The van der Waals surface area contributed by atoms with Crippen molar-refractivity contribution >= 4 is 0 Å². The summed E-state index contributed by atoms with van der Waals surface area (Å²) in [6.45, 7) is 4.75. The van der Waals surface area contributed by atoms with Crippen LogP contribution in [0.4, 0.5) is 0 Å². The SMILES string of the molecule is C[NH3+].[C-]#N. The van der Waals surface area contributed by atoms with E-state index in [1.54, 1.807) is 7.05 Å². The Morgan fingerprint density at radius 2 is 1.50 bits per heavy atom. The van der Waals surface area contributed by atoms with Crippen LogP contribution in [0.1, 0.15) is 0 Å². The van der Waals surface area contributed by atoms with Gasteiger partial charge in [-0.15, -0.1) is 0 Å². The molecular formula is C2H6N2. The normalized spacial score (nSPS) is 2.00. The summed E-state index contributed by atoms with van der Waals surface area (Å²) in [7, 11) is 1.75. The van der Waals surface area contributed by atoms with E-state index in [-0.39, 0.29) is 0 Å². The molecule has 2 nitrogen and oxygen atoms in total. The first kappa shape index (κ1) is 9.85. The van der Waals surface area contributed by atoms with Gasteiger partial charge in [-0.1, -0.05) is 0 Å². The molecule has 0 radical (unpaired) electrons. The third-order valence-corrected chi connectivity index (χ3v) is 0. The van der Waals surface area contributed by atoms with Gasteiger partial charge in [-0.3, -0.25) is 0 Å². The number of hydrogen-bond acceptors (Lipinski definition) is 1. The van der Waals surface area contributed by atoms with Gasteiger partial charge in [-0.05, 0) is 0 Å². The molecule has 0 aliphatic rings. The summed E-state index contributed by atoms with van der Waals surface area (Å²) in [5.74, 6) is 0. The highest BCUT2D eigenvalue weighted by molar-refractivity contribution is 3.44. The van der Waals surface area contributed by atoms with Gasteiger partial charge in [0.2, 0.25) is 0 Å². The first-order chi connectivity index (χ1) is 2.00. The molecule has 0 aromatic rings. The van der Waals surface area contributed by atoms with Crippen LogP contribution in [0.2, 0.25) is 0 Å². The van der Waals surface area contributed by atoms with Crippen LogP contribution < -0.4 is 5.73 Å². The Labute approximate surface area is 25.8 Å². The van der Waals surface area contributed by atoms with Gasteiger partial charge in [0.05, 0.1) is 7.05 Å². The Morgan fingerprint density at radius 3 is 1.50 bits per heavy atom. The second kappa shape index (κ2) is 17.0. The lowest BCUT2D eigenvalue weighted by Gasteiger charge is -1.17. The molecule has 0 saturated carbocycles. The molecule has 0 unspecified atom stereocenters. The van der Waals surface area contributed by atoms with Gasteiger partial charge in [0.15, 0.2) is 0 Å². The number of hydrogen-bond donors (Lipinski definition) is 1. The van der Waals surface area contributed by atoms with Crippen LogP contribution in [0.25, 0.3) is 0 Å². The minimum atomic E-state index is 1.75. The number of rotatable bonds is 0. The van der Waals surface area contributed by atoms with Crippen LogP contribution in [-0.4, -0.2) is 7.05 Å². The maximum atomic E-state index is 6.25. The molecule has 2 heteroatoms. The average molecular weight is 58.1 g/mol. The summed E-state index contributed by atoms with van der Waals surface area (Å²) in [6, 6.07) is 0. The average Bonchev–Trinajstić information content (AvgIpc) is 1.50. The van der Waals surface area contributed by atoms with Gasteiger partial charge in [-0.25, -0.2) is 0 Å². The summed E-state index contributed by atoms with van der Waals surface area (Å²) in [5, 5.41) is 6.25. The molecule has 24 valence electrons. The largest absolute Gasteiger partial charge is 0.512 e. The highest BCUT2D eigenvalue weighted by Gasteiger charge is 0.874. The topological polar surface area (TPSA) is 51.4 Å². The minimum Gasteiger partial charge on any atom is -0.512 e. The van der Waals surface area contributed by atoms with Crippen LogP contribution in [0.15, 0.2) is 0 Å². The fraction of sp³-hybridized carbons (Fsp3) is 0.500. The predicted molar refractivity (Wildman–Crippen MR) is 13.8 cm³/mol. The molecule has 0 aliphatic carbocycles. The van der Waals surface area contributed by atoms with E-state index in [1.165, 1.54) is 0 Å². The second-order valence-corrected chi connectivity index (χ2v) is 0. The second-order valence-electron chi connectivity index (χ2n) is 0. The van der Waals surface area contributed by atoms with E-state index in [4.69, 9.17) is 11.8 Å². The van der Waals surface area contributed by atoms with Crippen molar-refractivity contribution in [2.24, 2.45) is 0 Å². The van der Waals surface area contributed by atoms with Crippen LogP contribution in [0.5, 0.6) is 0 Å². The quantitative estimate of drug-likeness (QED) is 0.355. The molecule has 0 aromatic carbocycles. The molecule has 0 heterocycles.